The van der Waals surface area contributed by atoms with E-state index in [1.807, 2.05) is 87.5 Å². The van der Waals surface area contributed by atoms with Crippen LogP contribution in [0.25, 0.3) is 16.6 Å². The van der Waals surface area contributed by atoms with E-state index in [-0.39, 0.29) is 11.6 Å². The minimum Gasteiger partial charge on any atom is -0.315 e. The lowest BCUT2D eigenvalue weighted by atomic mass is 10.1. The topological polar surface area (TPSA) is 67.2 Å². The van der Waals surface area contributed by atoms with E-state index in [0.29, 0.717) is 23.3 Å². The second-order valence-electron chi connectivity index (χ2n) is 8.81. The zero-order valence-electron chi connectivity index (χ0n) is 20.8. The van der Waals surface area contributed by atoms with Crippen LogP contribution in [0.15, 0.2) is 77.6 Å². The lowest BCUT2D eigenvalue weighted by Gasteiger charge is -2.30. The van der Waals surface area contributed by atoms with Crippen molar-refractivity contribution in [1.82, 2.24) is 14.5 Å². The summed E-state index contributed by atoms with van der Waals surface area (Å²) in [6.07, 6.45) is 1.69. The first-order valence-corrected chi connectivity index (χ1v) is 12.2. The fourth-order valence-corrected chi connectivity index (χ4v) is 4.24. The first-order chi connectivity index (χ1) is 16.9. The Morgan fingerprint density at radius 2 is 1.69 bits per heavy atom. The summed E-state index contributed by atoms with van der Waals surface area (Å²) in [7, 11) is 0. The smallest absolute Gasteiger partial charge is 0.315 e. The number of para-hydroxylation sites is 1. The van der Waals surface area contributed by atoms with Crippen molar-refractivity contribution in [3.63, 3.8) is 0 Å². The van der Waals surface area contributed by atoms with Gasteiger partial charge in [-0.05, 0) is 68.7 Å². The Bertz CT molecular complexity index is 1370. The monoisotopic (exact) mass is 468 g/mol. The summed E-state index contributed by atoms with van der Waals surface area (Å²) in [5.74, 6) is 0.533. The maximum atomic E-state index is 13.7. The minimum absolute atomic E-state index is 0.142. The van der Waals surface area contributed by atoms with Gasteiger partial charge in [0, 0.05) is 12.2 Å². The Labute approximate surface area is 206 Å². The summed E-state index contributed by atoms with van der Waals surface area (Å²) in [4.78, 5) is 33.7. The summed E-state index contributed by atoms with van der Waals surface area (Å²) in [5, 5.41) is 3.55. The lowest BCUT2D eigenvalue weighted by Crippen LogP contribution is -2.40. The van der Waals surface area contributed by atoms with Gasteiger partial charge in [-0.15, -0.1) is 0 Å². The Balaban J connectivity index is 1.81. The number of carbonyl (C=O) groups excluding carboxylic acids is 1. The maximum Gasteiger partial charge on any atom is 0.322 e. The molecular weight excluding hydrogens is 436 g/mol. The SMILES string of the molecule is CCCN(C(=O)Nc1ccc(C)cc1)C(C)c1nc2ccccc2c(=O)n1-c1ccc(CC)cc1. The number of nitrogens with zero attached hydrogens (tertiary/aromatic N) is 3. The number of rotatable bonds is 7. The van der Waals surface area contributed by atoms with Gasteiger partial charge in [-0.2, -0.15) is 0 Å². The molecule has 6 heteroatoms. The third-order valence-electron chi connectivity index (χ3n) is 6.27. The third-order valence-corrected chi connectivity index (χ3v) is 6.27. The van der Waals surface area contributed by atoms with Gasteiger partial charge in [0.2, 0.25) is 0 Å². The number of amides is 2. The number of hydrogen-bond acceptors (Lipinski definition) is 3. The van der Waals surface area contributed by atoms with Crippen LogP contribution in [0.2, 0.25) is 0 Å². The summed E-state index contributed by atoms with van der Waals surface area (Å²) in [6, 6.07) is 22.3. The number of benzene rings is 3. The average Bonchev–Trinajstić information content (AvgIpc) is 2.88. The van der Waals surface area contributed by atoms with E-state index >= 15 is 0 Å². The molecule has 4 rings (SSSR count). The number of carbonyl (C=O) groups is 1. The molecule has 1 atom stereocenters. The standard InChI is InChI=1S/C29H32N4O2/c1-5-19-32(29(35)30-23-15-11-20(3)12-16-23)21(4)27-31-26-10-8-7-9-25(26)28(34)33(27)24-17-13-22(6-2)14-18-24/h7-18,21H,5-6,19H2,1-4H3,(H,30,35). The summed E-state index contributed by atoms with van der Waals surface area (Å²) in [6.45, 7) is 8.59. The maximum absolute atomic E-state index is 13.7. The van der Waals surface area contributed by atoms with Gasteiger partial charge < -0.3 is 10.2 Å². The van der Waals surface area contributed by atoms with Crippen LogP contribution < -0.4 is 10.9 Å². The zero-order chi connectivity index (χ0) is 24.9. The van der Waals surface area contributed by atoms with Gasteiger partial charge in [0.15, 0.2) is 0 Å². The van der Waals surface area contributed by atoms with E-state index in [0.717, 1.165) is 29.8 Å². The molecule has 1 heterocycles. The molecule has 1 aromatic heterocycles. The lowest BCUT2D eigenvalue weighted by molar-refractivity contribution is 0.189. The van der Waals surface area contributed by atoms with Gasteiger partial charge in [0.25, 0.3) is 5.56 Å². The van der Waals surface area contributed by atoms with Crippen molar-refractivity contribution in [2.24, 2.45) is 0 Å². The van der Waals surface area contributed by atoms with Gasteiger partial charge in [-0.1, -0.05) is 55.8 Å². The number of urea groups is 1. The summed E-state index contributed by atoms with van der Waals surface area (Å²) < 4.78 is 1.65. The van der Waals surface area contributed by atoms with E-state index in [1.54, 1.807) is 15.5 Å². The molecule has 1 N–H and O–H groups in total. The molecule has 0 bridgehead atoms. The molecule has 35 heavy (non-hydrogen) atoms. The molecule has 4 aromatic rings. The largest absolute Gasteiger partial charge is 0.322 e. The van der Waals surface area contributed by atoms with Crippen molar-refractivity contribution in [2.45, 2.75) is 46.6 Å². The second-order valence-corrected chi connectivity index (χ2v) is 8.81. The van der Waals surface area contributed by atoms with Crippen LogP contribution in [0.4, 0.5) is 10.5 Å². The number of fused-ring (bicyclic) bond motifs is 1. The van der Waals surface area contributed by atoms with Crippen LogP contribution in [-0.4, -0.2) is 27.0 Å². The molecule has 0 saturated carbocycles. The fourth-order valence-electron chi connectivity index (χ4n) is 4.24. The summed E-state index contributed by atoms with van der Waals surface area (Å²) >= 11 is 0. The average molecular weight is 469 g/mol. The van der Waals surface area contributed by atoms with Crippen LogP contribution >= 0.6 is 0 Å². The first kappa shape index (κ1) is 24.2. The molecule has 2 amide bonds. The highest BCUT2D eigenvalue weighted by Gasteiger charge is 2.26. The highest BCUT2D eigenvalue weighted by atomic mass is 16.2. The van der Waals surface area contributed by atoms with Gasteiger partial charge >= 0.3 is 6.03 Å². The van der Waals surface area contributed by atoms with E-state index in [1.165, 1.54) is 5.56 Å². The molecule has 3 aromatic carbocycles. The van der Waals surface area contributed by atoms with Crippen LogP contribution in [0, 0.1) is 6.92 Å². The van der Waals surface area contributed by atoms with Crippen LogP contribution in [0.1, 0.15) is 50.2 Å². The normalized spacial score (nSPS) is 11.9. The van der Waals surface area contributed by atoms with Gasteiger partial charge in [0.05, 0.1) is 22.6 Å². The summed E-state index contributed by atoms with van der Waals surface area (Å²) in [5.41, 5.74) is 4.26. The fraction of sp³-hybridized carbons (Fsp3) is 0.276. The number of aromatic nitrogens is 2. The van der Waals surface area contributed by atoms with E-state index in [2.05, 4.69) is 12.2 Å². The van der Waals surface area contributed by atoms with Crippen molar-refractivity contribution in [1.29, 1.82) is 0 Å². The Morgan fingerprint density at radius 1 is 1.00 bits per heavy atom. The predicted molar refractivity (Wildman–Crippen MR) is 142 cm³/mol. The zero-order valence-corrected chi connectivity index (χ0v) is 20.8. The molecular formula is C29H32N4O2. The molecule has 0 radical (unpaired) electrons. The first-order valence-electron chi connectivity index (χ1n) is 12.2. The number of hydrogen-bond donors (Lipinski definition) is 1. The van der Waals surface area contributed by atoms with E-state index < -0.39 is 6.04 Å². The minimum atomic E-state index is -0.441. The third kappa shape index (κ3) is 5.11. The molecule has 0 aliphatic heterocycles. The molecule has 0 aliphatic carbocycles. The second kappa shape index (κ2) is 10.6. The predicted octanol–water partition coefficient (Wildman–Crippen LogP) is 6.26. The van der Waals surface area contributed by atoms with E-state index in [4.69, 9.17) is 4.98 Å². The molecule has 0 fully saturated rings. The molecule has 6 nitrogen and oxygen atoms in total. The van der Waals surface area contributed by atoms with Crippen molar-refractivity contribution in [2.75, 3.05) is 11.9 Å². The molecule has 1 unspecified atom stereocenters. The van der Waals surface area contributed by atoms with Crippen LogP contribution in [0.5, 0.6) is 0 Å². The number of nitrogens with one attached hydrogen (secondary N) is 1. The quantitative estimate of drug-likeness (QED) is 0.348. The van der Waals surface area contributed by atoms with Crippen molar-refractivity contribution in [3.05, 3.63) is 100 Å². The van der Waals surface area contributed by atoms with Crippen molar-refractivity contribution in [3.8, 4) is 5.69 Å². The van der Waals surface area contributed by atoms with Gasteiger partial charge in [-0.25, -0.2) is 9.78 Å². The molecule has 180 valence electrons. The van der Waals surface area contributed by atoms with Crippen LogP contribution in [-0.2, 0) is 6.42 Å². The van der Waals surface area contributed by atoms with Gasteiger partial charge in [0.1, 0.15) is 5.82 Å². The van der Waals surface area contributed by atoms with Gasteiger partial charge in [-0.3, -0.25) is 9.36 Å². The van der Waals surface area contributed by atoms with Crippen molar-refractivity contribution >= 4 is 22.6 Å². The Morgan fingerprint density at radius 3 is 2.34 bits per heavy atom. The molecule has 0 saturated heterocycles. The number of anilines is 1. The number of aryl methyl sites for hydroxylation is 2. The molecule has 0 aliphatic rings. The molecule has 0 spiro atoms. The Hall–Kier alpha value is -3.93. The van der Waals surface area contributed by atoms with E-state index in [9.17, 15) is 9.59 Å². The Kier molecular flexibility index (Phi) is 7.30. The highest BCUT2D eigenvalue weighted by Crippen LogP contribution is 2.24. The van der Waals surface area contributed by atoms with Crippen molar-refractivity contribution < 1.29 is 4.79 Å². The highest BCUT2D eigenvalue weighted by molar-refractivity contribution is 5.89. The van der Waals surface area contributed by atoms with Crippen LogP contribution in [0.3, 0.4) is 0 Å².